The molecule has 0 bridgehead atoms. The second-order valence-corrected chi connectivity index (χ2v) is 5.61. The van der Waals surface area contributed by atoms with Gasteiger partial charge in [-0.2, -0.15) is 0 Å². The molecule has 1 aromatic carbocycles. The molecule has 0 aliphatic carbocycles. The van der Waals surface area contributed by atoms with E-state index in [1.165, 1.54) is 0 Å². The molecule has 18 heavy (non-hydrogen) atoms. The average Bonchev–Trinajstić information content (AvgIpc) is 2.74. The Balaban J connectivity index is 1.99. The van der Waals surface area contributed by atoms with Crippen LogP contribution in [0, 0.1) is 6.92 Å². The zero-order chi connectivity index (χ0) is 13.1. The van der Waals surface area contributed by atoms with E-state index >= 15 is 0 Å². The Morgan fingerprint density at radius 1 is 1.33 bits per heavy atom. The van der Waals surface area contributed by atoms with Crippen molar-refractivity contribution in [2.75, 3.05) is 0 Å². The van der Waals surface area contributed by atoms with Gasteiger partial charge in [-0.25, -0.2) is 0 Å². The Morgan fingerprint density at radius 2 is 2.11 bits per heavy atom. The molecule has 1 N–H and O–H groups in total. The zero-order valence-corrected chi connectivity index (χ0v) is 12.7. The molecule has 2 aromatic rings. The molecule has 0 aliphatic heterocycles. The normalized spacial score (nSPS) is 12.7. The third-order valence-corrected chi connectivity index (χ3v) is 3.65. The lowest BCUT2D eigenvalue weighted by atomic mass is 10.2. The van der Waals surface area contributed by atoms with Gasteiger partial charge in [0.25, 0.3) is 0 Å². The number of benzene rings is 1. The highest BCUT2D eigenvalue weighted by molar-refractivity contribution is 9.10. The molecule has 2 rings (SSSR count). The van der Waals surface area contributed by atoms with Crippen LogP contribution in [0.15, 0.2) is 39.2 Å². The van der Waals surface area contributed by atoms with Crippen molar-refractivity contribution in [1.29, 1.82) is 0 Å². The van der Waals surface area contributed by atoms with Crippen LogP contribution in [0.2, 0.25) is 5.02 Å². The molecule has 1 unspecified atom stereocenters. The van der Waals surface area contributed by atoms with Crippen LogP contribution in [0.1, 0.15) is 30.0 Å². The number of rotatable bonds is 4. The maximum absolute atomic E-state index is 6.17. The maximum atomic E-state index is 6.17. The van der Waals surface area contributed by atoms with Crippen molar-refractivity contribution in [3.63, 3.8) is 0 Å². The fourth-order valence-corrected chi connectivity index (χ4v) is 2.46. The molecule has 0 fully saturated rings. The molecule has 4 heteroatoms. The molecule has 2 nitrogen and oxygen atoms in total. The Kier molecular flexibility index (Phi) is 4.49. The number of furan rings is 1. The highest BCUT2D eigenvalue weighted by atomic mass is 79.9. The van der Waals surface area contributed by atoms with Gasteiger partial charge in [-0.05, 0) is 43.7 Å². The van der Waals surface area contributed by atoms with Crippen molar-refractivity contribution in [2.24, 2.45) is 0 Å². The van der Waals surface area contributed by atoms with Crippen LogP contribution < -0.4 is 5.32 Å². The van der Waals surface area contributed by atoms with Crippen molar-refractivity contribution < 1.29 is 4.42 Å². The monoisotopic (exact) mass is 327 g/mol. The molecule has 1 aromatic heterocycles. The Labute approximate surface area is 120 Å². The fraction of sp³-hybridized carbons (Fsp3) is 0.286. The minimum absolute atomic E-state index is 0.165. The lowest BCUT2D eigenvalue weighted by Crippen LogP contribution is -2.17. The first-order chi connectivity index (χ1) is 8.56. The van der Waals surface area contributed by atoms with Crippen molar-refractivity contribution in [3.05, 3.63) is 56.9 Å². The second-order valence-electron chi connectivity index (χ2n) is 4.29. The lowest BCUT2D eigenvalue weighted by molar-refractivity contribution is 0.416. The number of nitrogens with one attached hydrogen (secondary N) is 1. The van der Waals surface area contributed by atoms with Gasteiger partial charge in [0.05, 0.1) is 6.04 Å². The second kappa shape index (κ2) is 5.91. The van der Waals surface area contributed by atoms with Crippen molar-refractivity contribution in [2.45, 2.75) is 26.4 Å². The largest absolute Gasteiger partial charge is 0.465 e. The minimum Gasteiger partial charge on any atom is -0.465 e. The van der Waals surface area contributed by atoms with Gasteiger partial charge in [0.15, 0.2) is 0 Å². The molecule has 1 atom stereocenters. The lowest BCUT2D eigenvalue weighted by Gasteiger charge is -2.12. The van der Waals surface area contributed by atoms with Gasteiger partial charge in [-0.15, -0.1) is 0 Å². The topological polar surface area (TPSA) is 25.2 Å². The quantitative estimate of drug-likeness (QED) is 0.867. The molecule has 0 amide bonds. The van der Waals surface area contributed by atoms with E-state index in [1.54, 1.807) is 0 Å². The van der Waals surface area contributed by atoms with E-state index in [0.717, 1.165) is 26.6 Å². The third-order valence-electron chi connectivity index (χ3n) is 2.80. The van der Waals surface area contributed by atoms with Gasteiger partial charge < -0.3 is 9.73 Å². The number of hydrogen-bond acceptors (Lipinski definition) is 2. The van der Waals surface area contributed by atoms with E-state index < -0.39 is 0 Å². The summed E-state index contributed by atoms with van der Waals surface area (Å²) >= 11 is 9.57. The van der Waals surface area contributed by atoms with E-state index in [2.05, 4.69) is 28.2 Å². The number of halogens is 2. The minimum atomic E-state index is 0.165. The first kappa shape index (κ1) is 13.7. The van der Waals surface area contributed by atoms with Crippen LogP contribution in [-0.2, 0) is 6.54 Å². The SMILES string of the molecule is Cc1ccc(C(C)NCc2ccc(Br)cc2Cl)o1. The van der Waals surface area contributed by atoms with Crippen LogP contribution in [0.4, 0.5) is 0 Å². The predicted molar refractivity (Wildman–Crippen MR) is 77.9 cm³/mol. The first-order valence-corrected chi connectivity index (χ1v) is 6.97. The summed E-state index contributed by atoms with van der Waals surface area (Å²) in [7, 11) is 0. The summed E-state index contributed by atoms with van der Waals surface area (Å²) < 4.78 is 6.57. The van der Waals surface area contributed by atoms with Gasteiger partial charge in [-0.3, -0.25) is 0 Å². The molecule has 1 heterocycles. The highest BCUT2D eigenvalue weighted by Gasteiger charge is 2.09. The fourth-order valence-electron chi connectivity index (χ4n) is 1.71. The molecule has 0 aliphatic rings. The molecule has 96 valence electrons. The summed E-state index contributed by atoms with van der Waals surface area (Å²) in [4.78, 5) is 0. The third kappa shape index (κ3) is 3.37. The van der Waals surface area contributed by atoms with E-state index in [1.807, 2.05) is 37.3 Å². The van der Waals surface area contributed by atoms with E-state index in [4.69, 9.17) is 16.0 Å². The van der Waals surface area contributed by atoms with E-state index in [0.29, 0.717) is 6.54 Å². The number of aryl methyl sites for hydroxylation is 1. The van der Waals surface area contributed by atoms with Crippen LogP contribution in [0.3, 0.4) is 0 Å². The molecular formula is C14H15BrClNO. The molecule has 0 saturated carbocycles. The van der Waals surface area contributed by atoms with Crippen LogP contribution in [0.25, 0.3) is 0 Å². The average molecular weight is 329 g/mol. The van der Waals surface area contributed by atoms with Crippen LogP contribution in [0.5, 0.6) is 0 Å². The smallest absolute Gasteiger partial charge is 0.120 e. The summed E-state index contributed by atoms with van der Waals surface area (Å²) in [5.41, 5.74) is 1.08. The van der Waals surface area contributed by atoms with Gasteiger partial charge in [0.2, 0.25) is 0 Å². The summed E-state index contributed by atoms with van der Waals surface area (Å²) in [5, 5.41) is 4.16. The predicted octanol–water partition coefficient (Wildman–Crippen LogP) is 4.85. The van der Waals surface area contributed by atoms with E-state index in [-0.39, 0.29) is 6.04 Å². The van der Waals surface area contributed by atoms with Crippen LogP contribution in [-0.4, -0.2) is 0 Å². The summed E-state index contributed by atoms with van der Waals surface area (Å²) in [6.45, 7) is 4.74. The van der Waals surface area contributed by atoms with Gasteiger partial charge >= 0.3 is 0 Å². The van der Waals surface area contributed by atoms with Gasteiger partial charge in [0, 0.05) is 16.0 Å². The number of hydrogen-bond donors (Lipinski definition) is 1. The molecular weight excluding hydrogens is 314 g/mol. The van der Waals surface area contributed by atoms with Crippen LogP contribution >= 0.6 is 27.5 Å². The van der Waals surface area contributed by atoms with E-state index in [9.17, 15) is 0 Å². The first-order valence-electron chi connectivity index (χ1n) is 5.80. The standard InChI is InChI=1S/C14H15BrClNO/c1-9-3-6-14(18-9)10(2)17-8-11-4-5-12(15)7-13(11)16/h3-7,10,17H,8H2,1-2H3. The van der Waals surface area contributed by atoms with Crippen molar-refractivity contribution in [1.82, 2.24) is 5.32 Å². The van der Waals surface area contributed by atoms with Crippen molar-refractivity contribution in [3.8, 4) is 0 Å². The zero-order valence-electron chi connectivity index (χ0n) is 10.3. The summed E-state index contributed by atoms with van der Waals surface area (Å²) in [6, 6.07) is 10.0. The Morgan fingerprint density at radius 3 is 2.72 bits per heavy atom. The molecule has 0 saturated heterocycles. The Hall–Kier alpha value is -0.770. The molecule has 0 radical (unpaired) electrons. The Bertz CT molecular complexity index is 538. The van der Waals surface area contributed by atoms with Crippen molar-refractivity contribution >= 4 is 27.5 Å². The maximum Gasteiger partial charge on any atom is 0.120 e. The van der Waals surface area contributed by atoms with Gasteiger partial charge in [-0.1, -0.05) is 33.6 Å². The molecule has 0 spiro atoms. The summed E-state index contributed by atoms with van der Waals surface area (Å²) in [5.74, 6) is 1.88. The summed E-state index contributed by atoms with van der Waals surface area (Å²) in [6.07, 6.45) is 0. The highest BCUT2D eigenvalue weighted by Crippen LogP contribution is 2.22. The van der Waals surface area contributed by atoms with Gasteiger partial charge in [0.1, 0.15) is 11.5 Å².